The van der Waals surface area contributed by atoms with Crippen molar-refractivity contribution in [2.24, 2.45) is 11.3 Å². The maximum absolute atomic E-state index is 13.7. The number of nitrogens with one attached hydrogen (secondary N) is 1. The standard InChI is InChI=1S/C24H22F6N2O3/c1-13-4-3-5-14(2)19(13)32-11-15-6-7-35-12-22(15,21(32)34)20(33)31-18-9-16(23(25,26)27)8-17(10-18)24(28,29)30/h3-5,8-10,15H,6-7,11-12H2,1-2H3,(H,31,33). The van der Waals surface area contributed by atoms with Gasteiger partial charge < -0.3 is 15.0 Å². The van der Waals surface area contributed by atoms with Gasteiger partial charge in [-0.1, -0.05) is 18.2 Å². The molecule has 4 rings (SSSR count). The van der Waals surface area contributed by atoms with Crippen LogP contribution in [0.2, 0.25) is 0 Å². The number of anilines is 2. The highest BCUT2D eigenvalue weighted by molar-refractivity contribution is 6.18. The summed E-state index contributed by atoms with van der Waals surface area (Å²) in [6.07, 6.45) is -9.81. The first-order valence-electron chi connectivity index (χ1n) is 10.8. The van der Waals surface area contributed by atoms with Gasteiger partial charge in [0.25, 0.3) is 0 Å². The summed E-state index contributed by atoms with van der Waals surface area (Å²) in [5.41, 5.74) is -3.40. The average molecular weight is 500 g/mol. The number of benzene rings is 2. The molecule has 2 atom stereocenters. The highest BCUT2D eigenvalue weighted by Gasteiger charge is 2.61. The van der Waals surface area contributed by atoms with E-state index < -0.39 is 52.3 Å². The molecule has 0 aliphatic carbocycles. The van der Waals surface area contributed by atoms with Crippen molar-refractivity contribution in [2.75, 3.05) is 30.0 Å². The zero-order chi connectivity index (χ0) is 25.8. The number of fused-ring (bicyclic) bond motifs is 1. The molecule has 2 heterocycles. The Balaban J connectivity index is 1.74. The molecule has 0 radical (unpaired) electrons. The van der Waals surface area contributed by atoms with Crippen molar-refractivity contribution in [2.45, 2.75) is 32.6 Å². The lowest BCUT2D eigenvalue weighted by molar-refractivity contribution is -0.149. The second kappa shape index (κ2) is 8.54. The lowest BCUT2D eigenvalue weighted by atomic mass is 9.74. The number of halogens is 6. The number of hydrogen-bond acceptors (Lipinski definition) is 3. The largest absolute Gasteiger partial charge is 0.416 e. The van der Waals surface area contributed by atoms with Gasteiger partial charge in [0.1, 0.15) is 0 Å². The molecule has 2 aliphatic heterocycles. The summed E-state index contributed by atoms with van der Waals surface area (Å²) in [6.45, 7) is 3.74. The minimum absolute atomic E-state index is 0.0239. The minimum atomic E-state index is -5.07. The summed E-state index contributed by atoms with van der Waals surface area (Å²) < 4.78 is 85.0. The molecule has 1 N–H and O–H groups in total. The van der Waals surface area contributed by atoms with Gasteiger partial charge in [0.15, 0.2) is 5.41 Å². The Morgan fingerprint density at radius 3 is 2.14 bits per heavy atom. The smallest absolute Gasteiger partial charge is 0.380 e. The van der Waals surface area contributed by atoms with Gasteiger partial charge in [-0.05, 0) is 49.6 Å². The van der Waals surface area contributed by atoms with E-state index in [1.807, 2.05) is 32.0 Å². The highest BCUT2D eigenvalue weighted by atomic mass is 19.4. The van der Waals surface area contributed by atoms with Crippen molar-refractivity contribution in [1.82, 2.24) is 0 Å². The molecule has 2 fully saturated rings. The molecule has 5 nitrogen and oxygen atoms in total. The number of nitrogens with zero attached hydrogens (tertiary/aromatic N) is 1. The van der Waals surface area contributed by atoms with E-state index >= 15 is 0 Å². The Kier molecular flexibility index (Phi) is 6.11. The predicted molar refractivity (Wildman–Crippen MR) is 115 cm³/mol. The van der Waals surface area contributed by atoms with Gasteiger partial charge >= 0.3 is 12.4 Å². The number of hydrogen-bond donors (Lipinski definition) is 1. The van der Waals surface area contributed by atoms with Crippen molar-refractivity contribution in [3.63, 3.8) is 0 Å². The molecule has 0 saturated carbocycles. The van der Waals surface area contributed by atoms with Crippen molar-refractivity contribution in [3.05, 3.63) is 58.7 Å². The van der Waals surface area contributed by atoms with Crippen LogP contribution >= 0.6 is 0 Å². The van der Waals surface area contributed by atoms with Crippen molar-refractivity contribution in [3.8, 4) is 0 Å². The van der Waals surface area contributed by atoms with Crippen molar-refractivity contribution < 1.29 is 40.7 Å². The SMILES string of the molecule is Cc1cccc(C)c1N1CC2CCOCC2(C(=O)Nc2cc(C(F)(F)F)cc(C(F)(F)F)c2)C1=O. The molecule has 2 aromatic carbocycles. The minimum Gasteiger partial charge on any atom is -0.380 e. The third-order valence-electron chi connectivity index (χ3n) is 6.63. The second-order valence-corrected chi connectivity index (χ2v) is 8.91. The maximum atomic E-state index is 13.7. The molecule has 188 valence electrons. The van der Waals surface area contributed by atoms with Crippen LogP contribution in [-0.4, -0.2) is 31.6 Å². The molecular weight excluding hydrogens is 478 g/mol. The van der Waals surface area contributed by atoms with E-state index in [0.717, 1.165) is 11.1 Å². The first-order chi connectivity index (χ1) is 16.2. The topological polar surface area (TPSA) is 58.6 Å². The summed E-state index contributed by atoms with van der Waals surface area (Å²) in [6, 6.07) is 6.25. The van der Waals surface area contributed by atoms with Gasteiger partial charge in [0.05, 0.1) is 17.7 Å². The van der Waals surface area contributed by atoms with Crippen molar-refractivity contribution >= 4 is 23.2 Å². The van der Waals surface area contributed by atoms with Gasteiger partial charge in [0.2, 0.25) is 11.8 Å². The average Bonchev–Trinajstić information content (AvgIpc) is 3.06. The van der Waals surface area contributed by atoms with E-state index in [1.54, 1.807) is 0 Å². The van der Waals surface area contributed by atoms with E-state index in [4.69, 9.17) is 4.74 Å². The number of carbonyl (C=O) groups is 2. The summed E-state index contributed by atoms with van der Waals surface area (Å²) in [5.74, 6) is -2.12. The fraction of sp³-hybridized carbons (Fsp3) is 0.417. The van der Waals surface area contributed by atoms with Gasteiger partial charge in [-0.2, -0.15) is 26.3 Å². The van der Waals surface area contributed by atoms with Crippen LogP contribution in [-0.2, 0) is 26.7 Å². The van der Waals surface area contributed by atoms with Crippen LogP contribution in [0.3, 0.4) is 0 Å². The molecule has 11 heteroatoms. The van der Waals surface area contributed by atoms with E-state index in [2.05, 4.69) is 5.32 Å². The molecule has 0 spiro atoms. The maximum Gasteiger partial charge on any atom is 0.416 e. The fourth-order valence-corrected chi connectivity index (χ4v) is 4.89. The molecule has 2 saturated heterocycles. The molecule has 2 aromatic rings. The molecule has 0 aromatic heterocycles. The van der Waals surface area contributed by atoms with Crippen molar-refractivity contribution in [1.29, 1.82) is 0 Å². The third-order valence-corrected chi connectivity index (χ3v) is 6.63. The summed E-state index contributed by atoms with van der Waals surface area (Å²) in [5, 5.41) is 2.16. The molecular formula is C24H22F6N2O3. The monoisotopic (exact) mass is 500 g/mol. The number of para-hydroxylation sites is 1. The van der Waals surface area contributed by atoms with Crippen LogP contribution in [0, 0.1) is 25.2 Å². The molecule has 2 unspecified atom stereocenters. The van der Waals surface area contributed by atoms with Crippen LogP contribution in [0.1, 0.15) is 28.7 Å². The van der Waals surface area contributed by atoms with Crippen LogP contribution in [0.25, 0.3) is 0 Å². The lowest BCUT2D eigenvalue weighted by Gasteiger charge is -2.35. The summed E-state index contributed by atoms with van der Waals surface area (Å²) in [7, 11) is 0. The number of aryl methyl sites for hydroxylation is 2. The highest BCUT2D eigenvalue weighted by Crippen LogP contribution is 2.46. The number of amides is 2. The number of alkyl halides is 6. The lowest BCUT2D eigenvalue weighted by Crippen LogP contribution is -2.52. The van der Waals surface area contributed by atoms with Gasteiger partial charge in [-0.25, -0.2) is 0 Å². The Morgan fingerprint density at radius 2 is 1.60 bits per heavy atom. The third kappa shape index (κ3) is 4.37. The molecule has 35 heavy (non-hydrogen) atoms. The van der Waals surface area contributed by atoms with Gasteiger partial charge in [-0.15, -0.1) is 0 Å². The molecule has 0 bridgehead atoms. The molecule has 2 aliphatic rings. The second-order valence-electron chi connectivity index (χ2n) is 8.91. The Hall–Kier alpha value is -3.08. The van der Waals surface area contributed by atoms with Gasteiger partial charge in [0, 0.05) is 30.4 Å². The van der Waals surface area contributed by atoms with E-state index in [9.17, 15) is 35.9 Å². The zero-order valence-corrected chi connectivity index (χ0v) is 18.8. The number of carbonyl (C=O) groups excluding carboxylic acids is 2. The summed E-state index contributed by atoms with van der Waals surface area (Å²) in [4.78, 5) is 28.6. The molecule has 2 amide bonds. The Labute approximate surface area is 197 Å². The number of rotatable bonds is 3. The Bertz CT molecular complexity index is 1120. The first kappa shape index (κ1) is 25.0. The summed E-state index contributed by atoms with van der Waals surface area (Å²) >= 11 is 0. The van der Waals surface area contributed by atoms with Crippen LogP contribution in [0.4, 0.5) is 37.7 Å². The van der Waals surface area contributed by atoms with Crippen LogP contribution in [0.5, 0.6) is 0 Å². The first-order valence-corrected chi connectivity index (χ1v) is 10.8. The Morgan fingerprint density at radius 1 is 1.03 bits per heavy atom. The number of ether oxygens (including phenoxy) is 1. The van der Waals surface area contributed by atoms with Crippen LogP contribution in [0.15, 0.2) is 36.4 Å². The van der Waals surface area contributed by atoms with E-state index in [1.165, 1.54) is 4.90 Å². The fourth-order valence-electron chi connectivity index (χ4n) is 4.89. The van der Waals surface area contributed by atoms with Gasteiger partial charge in [-0.3, -0.25) is 9.59 Å². The predicted octanol–water partition coefficient (Wildman–Crippen LogP) is 5.35. The zero-order valence-electron chi connectivity index (χ0n) is 18.8. The quantitative estimate of drug-likeness (QED) is 0.457. The van der Waals surface area contributed by atoms with E-state index in [0.29, 0.717) is 24.2 Å². The normalized spacial score (nSPS) is 22.8. The van der Waals surface area contributed by atoms with Crippen LogP contribution < -0.4 is 10.2 Å². The van der Waals surface area contributed by atoms with E-state index in [-0.39, 0.29) is 25.8 Å².